The fourth-order valence-corrected chi connectivity index (χ4v) is 4.09. The number of benzene rings is 1. The minimum atomic E-state index is -4.56. The van der Waals surface area contributed by atoms with E-state index in [9.17, 15) is 22.8 Å². The zero-order valence-electron chi connectivity index (χ0n) is 16.1. The molecule has 1 aliphatic rings. The molecule has 0 radical (unpaired) electrons. The molecule has 10 heteroatoms. The van der Waals surface area contributed by atoms with Crippen molar-refractivity contribution < 1.29 is 27.5 Å². The minimum absolute atomic E-state index is 0.103. The molecule has 3 rings (SSSR count). The number of nitrogens with zero attached hydrogens (tertiary/aromatic N) is 3. The fourth-order valence-electron chi connectivity index (χ4n) is 3.76. The molecule has 29 heavy (non-hydrogen) atoms. The Kier molecular flexibility index (Phi) is 6.07. The lowest BCUT2D eigenvalue weighted by Crippen LogP contribution is -2.41. The first-order valence-electron chi connectivity index (χ1n) is 9.22. The Morgan fingerprint density at radius 3 is 2.76 bits per heavy atom. The predicted octanol–water partition coefficient (Wildman–Crippen LogP) is 3.73. The van der Waals surface area contributed by atoms with Gasteiger partial charge in [-0.1, -0.05) is 18.5 Å². The lowest BCUT2D eigenvalue weighted by molar-refractivity contribution is -0.165. The van der Waals surface area contributed by atoms with E-state index < -0.39 is 30.5 Å². The van der Waals surface area contributed by atoms with Crippen LogP contribution in [0.5, 0.6) is 0 Å². The predicted molar refractivity (Wildman–Crippen MR) is 100 cm³/mol. The summed E-state index contributed by atoms with van der Waals surface area (Å²) in [4.78, 5) is 25.3. The van der Waals surface area contributed by atoms with Crippen LogP contribution in [0, 0.1) is 5.92 Å². The summed E-state index contributed by atoms with van der Waals surface area (Å²) >= 11 is 6.46. The summed E-state index contributed by atoms with van der Waals surface area (Å²) in [6.07, 6.45) is -2.37. The average molecular weight is 432 g/mol. The van der Waals surface area contributed by atoms with Crippen molar-refractivity contribution in [2.75, 3.05) is 13.7 Å². The highest BCUT2D eigenvalue weighted by molar-refractivity contribution is 6.35. The Labute approximate surface area is 170 Å². The number of aryl methyl sites for hydroxylation is 1. The highest BCUT2D eigenvalue weighted by atomic mass is 35.5. The molecular formula is C19H21ClF3N3O3. The number of hydrogen-bond acceptors (Lipinski definition) is 4. The molecule has 2 aromatic rings. The maximum absolute atomic E-state index is 13.1. The molecule has 158 valence electrons. The van der Waals surface area contributed by atoms with Gasteiger partial charge in [0.15, 0.2) is 0 Å². The van der Waals surface area contributed by atoms with Crippen molar-refractivity contribution in [3.05, 3.63) is 28.4 Å². The first kappa shape index (κ1) is 21.4. The zero-order valence-corrected chi connectivity index (χ0v) is 16.8. The van der Waals surface area contributed by atoms with Crippen LogP contribution < -0.4 is 0 Å². The second kappa shape index (κ2) is 8.22. The van der Waals surface area contributed by atoms with Crippen LogP contribution in [0.2, 0.25) is 5.02 Å². The molecule has 0 bridgehead atoms. The number of methoxy groups -OCH3 is 1. The van der Waals surface area contributed by atoms with Crippen molar-refractivity contribution in [3.63, 3.8) is 0 Å². The highest BCUT2D eigenvalue weighted by Crippen LogP contribution is 2.36. The number of esters is 1. The molecule has 0 fully saturated rings. The molecule has 2 heterocycles. The normalized spacial score (nSPS) is 17.4. The van der Waals surface area contributed by atoms with E-state index in [1.165, 1.54) is 7.11 Å². The Hall–Kier alpha value is -2.29. The van der Waals surface area contributed by atoms with Crippen LogP contribution in [-0.4, -0.2) is 46.4 Å². The molecule has 1 aromatic carbocycles. The molecule has 6 nitrogen and oxygen atoms in total. The number of amides is 1. The summed E-state index contributed by atoms with van der Waals surface area (Å²) in [5, 5.41) is 5.36. The van der Waals surface area contributed by atoms with Crippen molar-refractivity contribution in [1.29, 1.82) is 0 Å². The van der Waals surface area contributed by atoms with Crippen molar-refractivity contribution >= 4 is 34.4 Å². The zero-order chi connectivity index (χ0) is 21.3. The maximum atomic E-state index is 13.1. The topological polar surface area (TPSA) is 64.4 Å². The van der Waals surface area contributed by atoms with Crippen LogP contribution in [0.25, 0.3) is 10.9 Å². The summed E-state index contributed by atoms with van der Waals surface area (Å²) in [7, 11) is 1.17. The molecule has 0 unspecified atom stereocenters. The van der Waals surface area contributed by atoms with Gasteiger partial charge in [-0.05, 0) is 30.0 Å². The van der Waals surface area contributed by atoms with Gasteiger partial charge < -0.3 is 9.64 Å². The molecule has 0 saturated heterocycles. The van der Waals surface area contributed by atoms with E-state index in [1.54, 1.807) is 16.9 Å². The average Bonchev–Trinajstić information content (AvgIpc) is 3.01. The van der Waals surface area contributed by atoms with E-state index in [4.69, 9.17) is 11.6 Å². The van der Waals surface area contributed by atoms with E-state index in [0.717, 1.165) is 11.3 Å². The standard InChI is InChI=1S/C19H21ClF3N3O3/c1-3-4-26-17-13(8-24-26)14-9-25(10-19(21,22)23)18(28)12(7-16(27)29-2)5-11(14)6-15(17)20/h6,8,12H,3-5,7,9-10H2,1-2H3/t12-/m0/s1. The number of ether oxygens (including phenoxy) is 1. The van der Waals surface area contributed by atoms with E-state index in [-0.39, 0.29) is 19.4 Å². The second-order valence-corrected chi connectivity index (χ2v) is 7.52. The smallest absolute Gasteiger partial charge is 0.406 e. The number of alkyl halides is 3. The molecule has 1 amide bonds. The number of halogens is 4. The molecule has 1 aromatic heterocycles. The molecule has 0 N–H and O–H groups in total. The minimum Gasteiger partial charge on any atom is -0.469 e. The molecule has 0 aliphatic carbocycles. The summed E-state index contributed by atoms with van der Waals surface area (Å²) < 4.78 is 45.7. The lowest BCUT2D eigenvalue weighted by Gasteiger charge is -2.25. The van der Waals surface area contributed by atoms with Gasteiger partial charge in [0.2, 0.25) is 5.91 Å². The van der Waals surface area contributed by atoms with Crippen molar-refractivity contribution in [2.24, 2.45) is 5.92 Å². The molecular weight excluding hydrogens is 411 g/mol. The number of fused-ring (bicyclic) bond motifs is 3. The van der Waals surface area contributed by atoms with Gasteiger partial charge in [-0.25, -0.2) is 0 Å². The van der Waals surface area contributed by atoms with Gasteiger partial charge in [-0.2, -0.15) is 18.3 Å². The van der Waals surface area contributed by atoms with E-state index in [1.807, 2.05) is 6.92 Å². The number of carbonyl (C=O) groups is 2. The van der Waals surface area contributed by atoms with Crippen LogP contribution in [0.15, 0.2) is 12.3 Å². The third-order valence-electron chi connectivity index (χ3n) is 5.00. The van der Waals surface area contributed by atoms with Gasteiger partial charge in [-0.3, -0.25) is 14.3 Å². The summed E-state index contributed by atoms with van der Waals surface area (Å²) in [6, 6.07) is 1.67. The Balaban J connectivity index is 2.12. The number of carbonyl (C=O) groups excluding carboxylic acids is 2. The number of rotatable bonds is 5. The fraction of sp³-hybridized carbons (Fsp3) is 0.526. The van der Waals surface area contributed by atoms with Crippen LogP contribution >= 0.6 is 11.6 Å². The van der Waals surface area contributed by atoms with Gasteiger partial charge in [0.05, 0.1) is 36.2 Å². The Bertz CT molecular complexity index is 942. The van der Waals surface area contributed by atoms with E-state index in [0.29, 0.717) is 33.6 Å². The molecule has 0 saturated carbocycles. The Morgan fingerprint density at radius 1 is 1.41 bits per heavy atom. The molecule has 1 aliphatic heterocycles. The van der Waals surface area contributed by atoms with Crippen molar-refractivity contribution in [1.82, 2.24) is 14.7 Å². The van der Waals surface area contributed by atoms with Gasteiger partial charge in [-0.15, -0.1) is 0 Å². The van der Waals surface area contributed by atoms with Crippen LogP contribution in [0.1, 0.15) is 30.9 Å². The monoisotopic (exact) mass is 431 g/mol. The third-order valence-corrected chi connectivity index (χ3v) is 5.29. The second-order valence-electron chi connectivity index (χ2n) is 7.12. The molecule has 1 atom stereocenters. The maximum Gasteiger partial charge on any atom is 0.406 e. The van der Waals surface area contributed by atoms with Crippen LogP contribution in [-0.2, 0) is 33.8 Å². The molecule has 0 spiro atoms. The van der Waals surface area contributed by atoms with Crippen molar-refractivity contribution in [3.8, 4) is 0 Å². The highest BCUT2D eigenvalue weighted by Gasteiger charge is 2.39. The first-order chi connectivity index (χ1) is 13.6. The summed E-state index contributed by atoms with van der Waals surface area (Å²) in [6.45, 7) is 0.969. The van der Waals surface area contributed by atoms with E-state index in [2.05, 4.69) is 9.84 Å². The summed E-state index contributed by atoms with van der Waals surface area (Å²) in [5.74, 6) is -2.33. The number of hydrogen-bond donors (Lipinski definition) is 0. The Morgan fingerprint density at radius 2 is 2.14 bits per heavy atom. The SMILES string of the molecule is CCCn1ncc2c3c(cc(Cl)c21)C[C@@H](CC(=O)OC)C(=O)N(CC(F)(F)F)C3. The van der Waals surface area contributed by atoms with E-state index >= 15 is 0 Å². The van der Waals surface area contributed by atoms with Crippen molar-refractivity contribution in [2.45, 2.75) is 45.5 Å². The number of aromatic nitrogens is 2. The third kappa shape index (κ3) is 4.49. The largest absolute Gasteiger partial charge is 0.469 e. The quantitative estimate of drug-likeness (QED) is 0.677. The van der Waals surface area contributed by atoms with Crippen LogP contribution in [0.3, 0.4) is 0 Å². The summed E-state index contributed by atoms with van der Waals surface area (Å²) in [5.41, 5.74) is 1.86. The lowest BCUT2D eigenvalue weighted by atomic mass is 9.93. The van der Waals surface area contributed by atoms with Gasteiger partial charge in [0.1, 0.15) is 6.54 Å². The van der Waals surface area contributed by atoms with Gasteiger partial charge in [0.25, 0.3) is 0 Å². The van der Waals surface area contributed by atoms with Gasteiger partial charge in [0, 0.05) is 18.5 Å². The van der Waals surface area contributed by atoms with Crippen LogP contribution in [0.4, 0.5) is 13.2 Å². The first-order valence-corrected chi connectivity index (χ1v) is 9.60. The van der Waals surface area contributed by atoms with Gasteiger partial charge >= 0.3 is 12.1 Å².